The SMILES string of the molecule is C=CCOc1ccc(/C=C2\NC(=S)N(c3ccc(C(C)C)cc3)C2=O)cc1OC. The average molecular weight is 409 g/mol. The molecule has 0 radical (unpaired) electrons. The van der Waals surface area contributed by atoms with Gasteiger partial charge in [-0.05, 0) is 59.6 Å². The number of methoxy groups -OCH3 is 1. The van der Waals surface area contributed by atoms with Crippen LogP contribution in [0.15, 0.2) is 60.8 Å². The predicted octanol–water partition coefficient (Wildman–Crippen LogP) is 4.65. The first-order valence-electron chi connectivity index (χ1n) is 9.33. The number of rotatable bonds is 7. The number of ether oxygens (including phenoxy) is 2. The van der Waals surface area contributed by atoms with E-state index in [2.05, 4.69) is 25.7 Å². The number of nitrogens with one attached hydrogen (secondary N) is 1. The summed E-state index contributed by atoms with van der Waals surface area (Å²) in [6.45, 7) is 8.28. The van der Waals surface area contributed by atoms with Crippen molar-refractivity contribution in [3.8, 4) is 11.5 Å². The molecule has 0 atom stereocenters. The van der Waals surface area contributed by atoms with E-state index < -0.39 is 0 Å². The Morgan fingerprint density at radius 1 is 1.17 bits per heavy atom. The van der Waals surface area contributed by atoms with Gasteiger partial charge in [-0.1, -0.05) is 44.7 Å². The molecule has 0 unspecified atom stereocenters. The number of thiocarbonyl (C=S) groups is 1. The Bertz CT molecular complexity index is 965. The van der Waals surface area contributed by atoms with Crippen LogP contribution in [0.4, 0.5) is 5.69 Å². The van der Waals surface area contributed by atoms with E-state index in [0.717, 1.165) is 11.3 Å². The summed E-state index contributed by atoms with van der Waals surface area (Å²) < 4.78 is 11.0. The van der Waals surface area contributed by atoms with Crippen LogP contribution >= 0.6 is 12.2 Å². The molecule has 0 aromatic heterocycles. The first-order chi connectivity index (χ1) is 13.9. The summed E-state index contributed by atoms with van der Waals surface area (Å²) in [5, 5.41) is 3.37. The molecule has 1 saturated heterocycles. The van der Waals surface area contributed by atoms with Gasteiger partial charge in [0, 0.05) is 0 Å². The molecule has 5 nitrogen and oxygen atoms in total. The fraction of sp³-hybridized carbons (Fsp3) is 0.217. The number of nitrogens with zero attached hydrogens (tertiary/aromatic N) is 1. The molecule has 0 spiro atoms. The van der Waals surface area contributed by atoms with Gasteiger partial charge in [0.05, 0.1) is 12.8 Å². The van der Waals surface area contributed by atoms with Gasteiger partial charge in [-0.3, -0.25) is 9.69 Å². The standard InChI is InChI=1S/C23H24N2O3S/c1-5-12-28-20-11-6-16(14-21(20)27-4)13-19-22(26)25(23(29)24-19)18-9-7-17(8-10-18)15(2)3/h5-11,13-15H,1,12H2,2-4H3,(H,24,29)/b19-13-. The van der Waals surface area contributed by atoms with E-state index in [-0.39, 0.29) is 5.91 Å². The van der Waals surface area contributed by atoms with Crippen molar-refractivity contribution in [1.29, 1.82) is 0 Å². The molecule has 1 N–H and O–H groups in total. The Hall–Kier alpha value is -3.12. The largest absolute Gasteiger partial charge is 0.493 e. The summed E-state index contributed by atoms with van der Waals surface area (Å²) in [7, 11) is 1.57. The summed E-state index contributed by atoms with van der Waals surface area (Å²) >= 11 is 5.39. The molecule has 3 rings (SSSR count). The lowest BCUT2D eigenvalue weighted by molar-refractivity contribution is -0.113. The van der Waals surface area contributed by atoms with Crippen LogP contribution < -0.4 is 19.7 Å². The monoisotopic (exact) mass is 408 g/mol. The summed E-state index contributed by atoms with van der Waals surface area (Å²) in [6.07, 6.45) is 3.41. The van der Waals surface area contributed by atoms with Crippen LogP contribution in [0, 0.1) is 0 Å². The highest BCUT2D eigenvalue weighted by atomic mass is 32.1. The Morgan fingerprint density at radius 3 is 2.52 bits per heavy atom. The molecule has 0 aliphatic carbocycles. The summed E-state index contributed by atoms with van der Waals surface area (Å²) in [4.78, 5) is 14.4. The molecular formula is C23H24N2O3S. The van der Waals surface area contributed by atoms with Crippen molar-refractivity contribution in [2.24, 2.45) is 0 Å². The number of anilines is 1. The second-order valence-corrected chi connectivity index (χ2v) is 7.27. The molecule has 150 valence electrons. The van der Waals surface area contributed by atoms with Crippen molar-refractivity contribution in [2.75, 3.05) is 18.6 Å². The molecule has 1 aliphatic heterocycles. The number of hydrogen-bond donors (Lipinski definition) is 1. The maximum absolute atomic E-state index is 12.9. The van der Waals surface area contributed by atoms with Crippen molar-refractivity contribution in [2.45, 2.75) is 19.8 Å². The predicted molar refractivity (Wildman–Crippen MR) is 120 cm³/mol. The lowest BCUT2D eigenvalue weighted by Crippen LogP contribution is -2.30. The Balaban J connectivity index is 1.85. The van der Waals surface area contributed by atoms with Gasteiger partial charge in [0.2, 0.25) is 0 Å². The third-order valence-electron chi connectivity index (χ3n) is 4.55. The Labute approximate surface area is 176 Å². The van der Waals surface area contributed by atoms with Crippen molar-refractivity contribution in [3.05, 3.63) is 71.9 Å². The van der Waals surface area contributed by atoms with Crippen LogP contribution in [0.2, 0.25) is 0 Å². The first-order valence-corrected chi connectivity index (χ1v) is 9.74. The van der Waals surface area contributed by atoms with E-state index in [0.29, 0.717) is 34.8 Å². The molecule has 6 heteroatoms. The van der Waals surface area contributed by atoms with Crippen LogP contribution in [-0.2, 0) is 4.79 Å². The zero-order chi connectivity index (χ0) is 21.0. The molecule has 1 aliphatic rings. The van der Waals surface area contributed by atoms with E-state index in [4.69, 9.17) is 21.7 Å². The van der Waals surface area contributed by atoms with E-state index in [1.54, 1.807) is 25.3 Å². The molecule has 2 aromatic rings. The summed E-state index contributed by atoms with van der Waals surface area (Å²) in [5.74, 6) is 1.42. The van der Waals surface area contributed by atoms with Gasteiger partial charge in [-0.2, -0.15) is 0 Å². The highest BCUT2D eigenvalue weighted by molar-refractivity contribution is 7.80. The van der Waals surface area contributed by atoms with Crippen LogP contribution in [-0.4, -0.2) is 24.7 Å². The van der Waals surface area contributed by atoms with Gasteiger partial charge < -0.3 is 14.8 Å². The number of carbonyl (C=O) groups excluding carboxylic acids is 1. The summed E-state index contributed by atoms with van der Waals surface area (Å²) in [5.41, 5.74) is 3.15. The molecule has 2 aromatic carbocycles. The minimum absolute atomic E-state index is 0.196. The molecule has 1 heterocycles. The van der Waals surface area contributed by atoms with Crippen LogP contribution in [0.25, 0.3) is 6.08 Å². The van der Waals surface area contributed by atoms with Gasteiger partial charge in [-0.15, -0.1) is 0 Å². The van der Waals surface area contributed by atoms with E-state index in [9.17, 15) is 4.79 Å². The molecule has 0 saturated carbocycles. The van der Waals surface area contributed by atoms with Gasteiger partial charge in [-0.25, -0.2) is 0 Å². The fourth-order valence-electron chi connectivity index (χ4n) is 2.99. The van der Waals surface area contributed by atoms with E-state index in [1.165, 1.54) is 10.5 Å². The quantitative estimate of drug-likeness (QED) is 0.411. The Kier molecular flexibility index (Phi) is 6.34. The van der Waals surface area contributed by atoms with Crippen LogP contribution in [0.3, 0.4) is 0 Å². The topological polar surface area (TPSA) is 50.8 Å². The third-order valence-corrected chi connectivity index (χ3v) is 4.84. The smallest absolute Gasteiger partial charge is 0.281 e. The van der Waals surface area contributed by atoms with Gasteiger partial charge in [0.15, 0.2) is 16.6 Å². The van der Waals surface area contributed by atoms with Gasteiger partial charge in [0.1, 0.15) is 12.3 Å². The lowest BCUT2D eigenvalue weighted by Gasteiger charge is -2.15. The van der Waals surface area contributed by atoms with Crippen molar-refractivity contribution in [3.63, 3.8) is 0 Å². The van der Waals surface area contributed by atoms with E-state index in [1.807, 2.05) is 36.4 Å². The van der Waals surface area contributed by atoms with E-state index >= 15 is 0 Å². The zero-order valence-electron chi connectivity index (χ0n) is 16.8. The number of amides is 1. The normalized spacial score (nSPS) is 15.0. The highest BCUT2D eigenvalue weighted by Crippen LogP contribution is 2.30. The zero-order valence-corrected chi connectivity index (χ0v) is 17.6. The second-order valence-electron chi connectivity index (χ2n) is 6.88. The first kappa shape index (κ1) is 20.6. The second kappa shape index (κ2) is 8.92. The number of carbonyl (C=O) groups is 1. The van der Waals surface area contributed by atoms with Crippen molar-refractivity contribution < 1.29 is 14.3 Å². The number of hydrogen-bond acceptors (Lipinski definition) is 4. The summed E-state index contributed by atoms with van der Waals surface area (Å²) in [6, 6.07) is 13.3. The molecule has 1 fully saturated rings. The van der Waals surface area contributed by atoms with Gasteiger partial charge in [0.25, 0.3) is 5.91 Å². The van der Waals surface area contributed by atoms with Crippen molar-refractivity contribution in [1.82, 2.24) is 5.32 Å². The maximum atomic E-state index is 12.9. The fourth-order valence-corrected chi connectivity index (χ4v) is 3.28. The third kappa shape index (κ3) is 4.49. The molecule has 0 bridgehead atoms. The molecule has 1 amide bonds. The average Bonchev–Trinajstić information content (AvgIpc) is 2.99. The van der Waals surface area contributed by atoms with Crippen LogP contribution in [0.5, 0.6) is 11.5 Å². The number of benzene rings is 2. The van der Waals surface area contributed by atoms with Crippen LogP contribution in [0.1, 0.15) is 30.9 Å². The lowest BCUT2D eigenvalue weighted by atomic mass is 10.0. The molecule has 29 heavy (non-hydrogen) atoms. The maximum Gasteiger partial charge on any atom is 0.281 e. The Morgan fingerprint density at radius 2 is 1.90 bits per heavy atom. The molecular weight excluding hydrogens is 384 g/mol. The highest BCUT2D eigenvalue weighted by Gasteiger charge is 2.32. The van der Waals surface area contributed by atoms with Crippen molar-refractivity contribution >= 4 is 35.0 Å². The minimum Gasteiger partial charge on any atom is -0.493 e. The van der Waals surface area contributed by atoms with Gasteiger partial charge >= 0.3 is 0 Å². The minimum atomic E-state index is -0.196.